The van der Waals surface area contributed by atoms with Crippen LogP contribution in [0, 0.1) is 10.5 Å². The summed E-state index contributed by atoms with van der Waals surface area (Å²) in [7, 11) is 0. The first kappa shape index (κ1) is 21.1. The van der Waals surface area contributed by atoms with E-state index in [0.717, 1.165) is 32.3 Å². The van der Waals surface area contributed by atoms with Crippen LogP contribution in [0.25, 0.3) is 10.9 Å². The fraction of sp³-hybridized carbons (Fsp3) is 0.120. The van der Waals surface area contributed by atoms with Crippen molar-refractivity contribution in [2.75, 3.05) is 11.9 Å². The third-order valence-electron chi connectivity index (χ3n) is 5.11. The molecule has 0 spiro atoms. The third kappa shape index (κ3) is 5.32. The number of aromatic nitrogens is 1. The number of aryl methyl sites for hydroxylation is 1. The van der Waals surface area contributed by atoms with E-state index in [0.29, 0.717) is 0 Å². The topological polar surface area (TPSA) is 58.4 Å². The summed E-state index contributed by atoms with van der Waals surface area (Å²) in [6, 6.07) is 24.5. The van der Waals surface area contributed by atoms with Gasteiger partial charge in [-0.05, 0) is 71.0 Å². The number of benzene rings is 3. The van der Waals surface area contributed by atoms with E-state index in [2.05, 4.69) is 92.5 Å². The largest absolute Gasteiger partial charge is 0.376 e. The number of hydrazone groups is 1. The third-order valence-corrected chi connectivity index (χ3v) is 5.83. The lowest BCUT2D eigenvalue weighted by molar-refractivity contribution is -0.119. The van der Waals surface area contributed by atoms with Gasteiger partial charge in [0.15, 0.2) is 0 Å². The molecule has 0 aliphatic heterocycles. The van der Waals surface area contributed by atoms with E-state index in [4.69, 9.17) is 0 Å². The van der Waals surface area contributed by atoms with Crippen molar-refractivity contribution in [1.82, 2.24) is 9.99 Å². The number of hydrogen-bond acceptors (Lipinski definition) is 3. The van der Waals surface area contributed by atoms with Crippen LogP contribution < -0.4 is 10.7 Å². The van der Waals surface area contributed by atoms with E-state index >= 15 is 0 Å². The number of amides is 1. The minimum Gasteiger partial charge on any atom is -0.376 e. The highest BCUT2D eigenvalue weighted by Crippen LogP contribution is 2.22. The predicted molar refractivity (Wildman–Crippen MR) is 136 cm³/mol. The molecule has 0 fully saturated rings. The van der Waals surface area contributed by atoms with E-state index in [1.807, 2.05) is 36.4 Å². The number of halogens is 1. The molecule has 0 radical (unpaired) electrons. The van der Waals surface area contributed by atoms with Gasteiger partial charge in [0.05, 0.1) is 12.8 Å². The molecular weight excluding hydrogens is 499 g/mol. The van der Waals surface area contributed by atoms with Crippen molar-refractivity contribution in [3.8, 4) is 0 Å². The van der Waals surface area contributed by atoms with Crippen molar-refractivity contribution in [3.05, 3.63) is 99.3 Å². The lowest BCUT2D eigenvalue weighted by atomic mass is 10.1. The normalized spacial score (nSPS) is 11.2. The van der Waals surface area contributed by atoms with Gasteiger partial charge in [-0.2, -0.15) is 5.10 Å². The summed E-state index contributed by atoms with van der Waals surface area (Å²) in [4.78, 5) is 12.1. The van der Waals surface area contributed by atoms with Crippen molar-refractivity contribution in [3.63, 3.8) is 0 Å². The highest BCUT2D eigenvalue weighted by Gasteiger charge is 2.08. The number of fused-ring (bicyclic) bond motifs is 1. The molecule has 0 aliphatic carbocycles. The summed E-state index contributed by atoms with van der Waals surface area (Å²) < 4.78 is 3.37. The number of rotatable bonds is 7. The van der Waals surface area contributed by atoms with Gasteiger partial charge in [-0.3, -0.25) is 4.79 Å². The van der Waals surface area contributed by atoms with Crippen molar-refractivity contribution in [2.45, 2.75) is 13.5 Å². The first-order chi connectivity index (χ1) is 15.1. The second-order valence-corrected chi connectivity index (χ2v) is 8.56. The zero-order valence-electron chi connectivity index (χ0n) is 17.2. The summed E-state index contributed by atoms with van der Waals surface area (Å²) in [6.45, 7) is 3.07. The molecule has 6 heteroatoms. The summed E-state index contributed by atoms with van der Waals surface area (Å²) in [5.74, 6) is -0.196. The van der Waals surface area contributed by atoms with Crippen LogP contribution in [0.3, 0.4) is 0 Å². The number of nitrogens with one attached hydrogen (secondary N) is 2. The van der Waals surface area contributed by atoms with Gasteiger partial charge in [0, 0.05) is 38.5 Å². The maximum atomic E-state index is 12.1. The molecule has 2 N–H and O–H groups in total. The first-order valence-corrected chi connectivity index (χ1v) is 11.1. The number of anilines is 1. The molecule has 4 rings (SSSR count). The zero-order chi connectivity index (χ0) is 21.6. The highest BCUT2D eigenvalue weighted by molar-refractivity contribution is 14.1. The average molecular weight is 522 g/mol. The lowest BCUT2D eigenvalue weighted by Crippen LogP contribution is -2.25. The number of nitrogens with zero attached hydrogens (tertiary/aromatic N) is 2. The van der Waals surface area contributed by atoms with Crippen LogP contribution in [0.4, 0.5) is 5.69 Å². The van der Waals surface area contributed by atoms with Crippen LogP contribution in [0.1, 0.15) is 16.7 Å². The molecule has 0 atom stereocenters. The van der Waals surface area contributed by atoms with Gasteiger partial charge < -0.3 is 9.88 Å². The molecule has 3 aromatic carbocycles. The molecule has 5 nitrogen and oxygen atoms in total. The van der Waals surface area contributed by atoms with E-state index in [9.17, 15) is 4.79 Å². The summed E-state index contributed by atoms with van der Waals surface area (Å²) in [5, 5.41) is 8.37. The van der Waals surface area contributed by atoms with Gasteiger partial charge in [-0.25, -0.2) is 5.43 Å². The van der Waals surface area contributed by atoms with Gasteiger partial charge in [-0.15, -0.1) is 0 Å². The first-order valence-electron chi connectivity index (χ1n) is 10.0. The van der Waals surface area contributed by atoms with Crippen LogP contribution in [-0.2, 0) is 11.3 Å². The Hall–Kier alpha value is -3.13. The molecule has 0 bridgehead atoms. The predicted octanol–water partition coefficient (Wildman–Crippen LogP) is 5.16. The maximum Gasteiger partial charge on any atom is 0.259 e. The van der Waals surface area contributed by atoms with E-state index in [1.54, 1.807) is 6.21 Å². The Kier molecular flexibility index (Phi) is 6.66. The Labute approximate surface area is 195 Å². The molecule has 1 heterocycles. The van der Waals surface area contributed by atoms with Crippen molar-refractivity contribution in [1.29, 1.82) is 0 Å². The van der Waals surface area contributed by atoms with E-state index in [-0.39, 0.29) is 12.5 Å². The van der Waals surface area contributed by atoms with Crippen molar-refractivity contribution in [2.24, 2.45) is 5.10 Å². The van der Waals surface area contributed by atoms with Crippen molar-refractivity contribution >= 4 is 51.3 Å². The van der Waals surface area contributed by atoms with Crippen molar-refractivity contribution < 1.29 is 4.79 Å². The van der Waals surface area contributed by atoms with Gasteiger partial charge in [0.25, 0.3) is 5.91 Å². The van der Waals surface area contributed by atoms with Gasteiger partial charge in [0.2, 0.25) is 0 Å². The van der Waals surface area contributed by atoms with Crippen LogP contribution >= 0.6 is 22.6 Å². The van der Waals surface area contributed by atoms with Gasteiger partial charge in [-0.1, -0.05) is 42.5 Å². The fourth-order valence-corrected chi connectivity index (χ4v) is 3.80. The molecule has 1 amide bonds. The fourth-order valence-electron chi connectivity index (χ4n) is 3.44. The summed E-state index contributed by atoms with van der Waals surface area (Å²) in [6.07, 6.45) is 3.79. The maximum absolute atomic E-state index is 12.1. The molecule has 156 valence electrons. The standard InChI is InChI=1S/C25H23IN4O/c1-18-6-2-3-7-19(18)16-30-17-20(23-8-4-5-9-24(23)30)14-28-29-25(31)15-27-22-12-10-21(26)11-13-22/h2-14,17,27H,15-16H2,1H3,(H,29,31)/b28-14-. The number of carbonyl (C=O) groups is 1. The van der Waals surface area contributed by atoms with Crippen LogP contribution in [0.15, 0.2) is 84.1 Å². The molecular formula is C25H23IN4O. The smallest absolute Gasteiger partial charge is 0.259 e. The molecule has 31 heavy (non-hydrogen) atoms. The highest BCUT2D eigenvalue weighted by atomic mass is 127. The molecule has 0 aliphatic rings. The van der Waals surface area contributed by atoms with Gasteiger partial charge in [0.1, 0.15) is 0 Å². The van der Waals surface area contributed by atoms with Crippen LogP contribution in [0.5, 0.6) is 0 Å². The van der Waals surface area contributed by atoms with Crippen LogP contribution in [0.2, 0.25) is 0 Å². The summed E-state index contributed by atoms with van der Waals surface area (Å²) >= 11 is 2.25. The SMILES string of the molecule is Cc1ccccc1Cn1cc(/C=N\NC(=O)CNc2ccc(I)cc2)c2ccccc21. The molecule has 0 saturated heterocycles. The lowest BCUT2D eigenvalue weighted by Gasteiger charge is -2.08. The van der Waals surface area contributed by atoms with Crippen LogP contribution in [-0.4, -0.2) is 23.2 Å². The van der Waals surface area contributed by atoms with E-state index < -0.39 is 0 Å². The molecule has 1 aromatic heterocycles. The number of para-hydroxylation sites is 1. The minimum atomic E-state index is -0.196. The second kappa shape index (κ2) is 9.78. The Morgan fingerprint density at radius 3 is 2.58 bits per heavy atom. The van der Waals surface area contributed by atoms with E-state index in [1.165, 1.54) is 11.1 Å². The minimum absolute atomic E-state index is 0.160. The quantitative estimate of drug-likeness (QED) is 0.200. The Morgan fingerprint density at radius 2 is 1.77 bits per heavy atom. The Morgan fingerprint density at radius 1 is 1.03 bits per heavy atom. The number of hydrogen-bond donors (Lipinski definition) is 2. The van der Waals surface area contributed by atoms with Gasteiger partial charge >= 0.3 is 0 Å². The Bertz CT molecular complexity index is 1230. The number of carbonyl (C=O) groups excluding carboxylic acids is 1. The molecule has 0 saturated carbocycles. The summed E-state index contributed by atoms with van der Waals surface area (Å²) in [5.41, 5.74) is 8.16. The Balaban J connectivity index is 1.44. The zero-order valence-corrected chi connectivity index (χ0v) is 19.3. The monoisotopic (exact) mass is 522 g/mol. The average Bonchev–Trinajstić information content (AvgIpc) is 3.12. The molecule has 4 aromatic rings. The molecule has 0 unspecified atom stereocenters. The second-order valence-electron chi connectivity index (χ2n) is 7.31.